The van der Waals surface area contributed by atoms with Crippen LogP contribution in [-0.4, -0.2) is 0 Å². The zero-order valence-electron chi connectivity index (χ0n) is 33.9. The van der Waals surface area contributed by atoms with Gasteiger partial charge in [-0.05, 0) is 96.5 Å². The van der Waals surface area contributed by atoms with Crippen molar-refractivity contribution < 1.29 is 4.42 Å². The van der Waals surface area contributed by atoms with Crippen LogP contribution in [0.3, 0.4) is 0 Å². The van der Waals surface area contributed by atoms with Crippen molar-refractivity contribution in [1.29, 1.82) is 0 Å². The summed E-state index contributed by atoms with van der Waals surface area (Å²) in [6.07, 6.45) is 0. The van der Waals surface area contributed by atoms with Crippen LogP contribution in [-0.2, 0) is 0 Å². The van der Waals surface area contributed by atoms with Crippen molar-refractivity contribution in [2.24, 2.45) is 0 Å². The topological polar surface area (TPSA) is 16.4 Å². The van der Waals surface area contributed by atoms with E-state index in [1.165, 1.54) is 54.6 Å². The van der Waals surface area contributed by atoms with Gasteiger partial charge >= 0.3 is 0 Å². The summed E-state index contributed by atoms with van der Waals surface area (Å²) in [6, 6.07) is 85.7. The van der Waals surface area contributed by atoms with Gasteiger partial charge in [-0.2, -0.15) is 0 Å². The molecule has 2 nitrogen and oxygen atoms in total. The smallest absolute Gasteiger partial charge is 0.135 e. The number of rotatable bonds is 7. The van der Waals surface area contributed by atoms with Crippen molar-refractivity contribution in [3.8, 4) is 44.5 Å². The second kappa shape index (κ2) is 14.8. The summed E-state index contributed by atoms with van der Waals surface area (Å²) in [5.74, 6) is 0. The number of nitrogens with zero attached hydrogens (tertiary/aromatic N) is 1. The highest BCUT2D eigenvalue weighted by Crippen LogP contribution is 2.50. The van der Waals surface area contributed by atoms with E-state index in [9.17, 15) is 0 Å². The molecule has 12 rings (SSSR count). The molecule has 62 heavy (non-hydrogen) atoms. The Bertz CT molecular complexity index is 3650. The van der Waals surface area contributed by atoms with Crippen molar-refractivity contribution in [2.45, 2.75) is 0 Å². The quantitative estimate of drug-likeness (QED) is 0.150. The molecule has 0 unspecified atom stereocenters. The van der Waals surface area contributed by atoms with Crippen LogP contribution in [0.15, 0.2) is 241 Å². The molecule has 1 heterocycles. The lowest BCUT2D eigenvalue weighted by molar-refractivity contribution is 0.669. The van der Waals surface area contributed by atoms with E-state index in [0.717, 1.165) is 61.3 Å². The summed E-state index contributed by atoms with van der Waals surface area (Å²) < 4.78 is 6.32. The molecule has 0 aliphatic heterocycles. The minimum atomic E-state index is 0.883. The molecule has 0 saturated heterocycles. The van der Waals surface area contributed by atoms with Crippen LogP contribution in [0.2, 0.25) is 0 Å². The van der Waals surface area contributed by atoms with Crippen LogP contribution < -0.4 is 4.90 Å². The van der Waals surface area contributed by atoms with E-state index in [2.05, 4.69) is 229 Å². The van der Waals surface area contributed by atoms with Crippen molar-refractivity contribution in [3.05, 3.63) is 237 Å². The number of anilines is 3. The van der Waals surface area contributed by atoms with Crippen LogP contribution in [0.25, 0.3) is 98.8 Å². The predicted octanol–water partition coefficient (Wildman–Crippen LogP) is 17.2. The van der Waals surface area contributed by atoms with Gasteiger partial charge in [0, 0.05) is 27.5 Å². The van der Waals surface area contributed by atoms with Crippen molar-refractivity contribution >= 4 is 71.3 Å². The molecule has 0 radical (unpaired) electrons. The molecule has 0 fully saturated rings. The van der Waals surface area contributed by atoms with Crippen LogP contribution in [0, 0.1) is 0 Å². The summed E-state index contributed by atoms with van der Waals surface area (Å²) in [5, 5.41) is 9.61. The van der Waals surface area contributed by atoms with Crippen molar-refractivity contribution in [1.82, 2.24) is 0 Å². The normalized spacial score (nSPS) is 11.5. The predicted molar refractivity (Wildman–Crippen MR) is 263 cm³/mol. The van der Waals surface area contributed by atoms with Gasteiger partial charge in [-0.3, -0.25) is 0 Å². The van der Waals surface area contributed by atoms with E-state index in [1.54, 1.807) is 0 Å². The third-order valence-electron chi connectivity index (χ3n) is 12.5. The highest BCUT2D eigenvalue weighted by Gasteiger charge is 2.25. The third-order valence-corrected chi connectivity index (χ3v) is 12.5. The Morgan fingerprint density at radius 2 is 0.790 bits per heavy atom. The lowest BCUT2D eigenvalue weighted by Crippen LogP contribution is -2.13. The lowest BCUT2D eigenvalue weighted by Gasteiger charge is -2.32. The van der Waals surface area contributed by atoms with Gasteiger partial charge in [0.15, 0.2) is 0 Å². The molecule has 0 aliphatic carbocycles. The Balaban J connectivity index is 1.15. The molecule has 290 valence electrons. The Hall–Kier alpha value is -8.20. The zero-order valence-corrected chi connectivity index (χ0v) is 33.9. The summed E-state index contributed by atoms with van der Waals surface area (Å²) in [6.45, 7) is 0. The average Bonchev–Trinajstić information content (AvgIpc) is 3.72. The number of fused-ring (bicyclic) bond motifs is 7. The molecule has 1 aromatic heterocycles. The first kappa shape index (κ1) is 35.7. The van der Waals surface area contributed by atoms with Gasteiger partial charge < -0.3 is 9.32 Å². The van der Waals surface area contributed by atoms with Gasteiger partial charge in [0.2, 0.25) is 0 Å². The number of para-hydroxylation sites is 4. The fourth-order valence-corrected chi connectivity index (χ4v) is 9.69. The van der Waals surface area contributed by atoms with E-state index >= 15 is 0 Å². The van der Waals surface area contributed by atoms with Gasteiger partial charge in [-0.25, -0.2) is 0 Å². The molecule has 0 atom stereocenters. The number of furan rings is 1. The average molecular weight is 790 g/mol. The standard InChI is InChI=1S/C60H39NO/c1-2-17-40(18-3-1)46-27-14-20-42-21-15-30-53(60(42)46)51-25-8-12-33-57(51)61(55-31-10-6-23-45(55)43-36-38-59-54(39-43)52-26-9-13-34-58(52)62-59)56-32-11-7-24-50(56)48-29-16-28-47-44-22-5-4-19-41(44)35-37-49(47)48/h1-39H. The van der Waals surface area contributed by atoms with Gasteiger partial charge in [0.1, 0.15) is 11.2 Å². The fraction of sp³-hybridized carbons (Fsp3) is 0. The van der Waals surface area contributed by atoms with Crippen LogP contribution in [0.5, 0.6) is 0 Å². The van der Waals surface area contributed by atoms with E-state index in [-0.39, 0.29) is 0 Å². The molecule has 0 bridgehead atoms. The fourth-order valence-electron chi connectivity index (χ4n) is 9.69. The second-order valence-electron chi connectivity index (χ2n) is 16.0. The lowest BCUT2D eigenvalue weighted by atomic mass is 9.89. The molecule has 0 N–H and O–H groups in total. The van der Waals surface area contributed by atoms with Gasteiger partial charge in [0.25, 0.3) is 0 Å². The molecular weight excluding hydrogens is 751 g/mol. The molecule has 11 aromatic carbocycles. The molecular formula is C60H39NO. The summed E-state index contributed by atoms with van der Waals surface area (Å²) in [5.41, 5.74) is 14.3. The van der Waals surface area contributed by atoms with Gasteiger partial charge in [-0.15, -0.1) is 0 Å². The maximum Gasteiger partial charge on any atom is 0.135 e. The molecule has 0 amide bonds. The largest absolute Gasteiger partial charge is 0.456 e. The zero-order chi connectivity index (χ0) is 41.0. The first-order chi connectivity index (χ1) is 30.8. The van der Waals surface area contributed by atoms with Gasteiger partial charge in [-0.1, -0.05) is 200 Å². The van der Waals surface area contributed by atoms with E-state index in [0.29, 0.717) is 0 Å². The van der Waals surface area contributed by atoms with E-state index < -0.39 is 0 Å². The minimum absolute atomic E-state index is 0.883. The molecule has 0 saturated carbocycles. The number of hydrogen-bond acceptors (Lipinski definition) is 2. The van der Waals surface area contributed by atoms with Crippen LogP contribution >= 0.6 is 0 Å². The maximum atomic E-state index is 6.32. The minimum Gasteiger partial charge on any atom is -0.456 e. The first-order valence-corrected chi connectivity index (χ1v) is 21.3. The van der Waals surface area contributed by atoms with E-state index in [4.69, 9.17) is 4.42 Å². The Morgan fingerprint density at radius 3 is 1.58 bits per heavy atom. The molecule has 0 aliphatic rings. The molecule has 12 aromatic rings. The number of hydrogen-bond donors (Lipinski definition) is 0. The maximum absolute atomic E-state index is 6.32. The molecule has 0 spiro atoms. The highest BCUT2D eigenvalue weighted by molar-refractivity contribution is 6.14. The monoisotopic (exact) mass is 789 g/mol. The second-order valence-corrected chi connectivity index (χ2v) is 16.0. The van der Waals surface area contributed by atoms with Crippen LogP contribution in [0.4, 0.5) is 17.1 Å². The SMILES string of the molecule is c1ccc(-c2cccc3cccc(-c4ccccc4N(c4ccccc4-c4ccc5oc6ccccc6c5c4)c4ccccc4-c4cccc5c4ccc4ccccc45)c23)cc1. The Morgan fingerprint density at radius 1 is 0.258 bits per heavy atom. The number of benzene rings is 11. The summed E-state index contributed by atoms with van der Waals surface area (Å²) in [4.78, 5) is 2.50. The van der Waals surface area contributed by atoms with Crippen molar-refractivity contribution in [2.75, 3.05) is 4.90 Å². The first-order valence-electron chi connectivity index (χ1n) is 21.3. The van der Waals surface area contributed by atoms with E-state index in [1.807, 2.05) is 12.1 Å². The Kier molecular flexibility index (Phi) is 8.53. The van der Waals surface area contributed by atoms with Gasteiger partial charge in [0.05, 0.1) is 17.1 Å². The molecule has 2 heteroatoms. The third kappa shape index (κ3) is 5.88. The summed E-state index contributed by atoms with van der Waals surface area (Å²) in [7, 11) is 0. The van der Waals surface area contributed by atoms with Crippen molar-refractivity contribution in [3.63, 3.8) is 0 Å². The highest BCUT2D eigenvalue weighted by atomic mass is 16.3. The summed E-state index contributed by atoms with van der Waals surface area (Å²) >= 11 is 0. The Labute approximate surface area is 360 Å². The van der Waals surface area contributed by atoms with Crippen LogP contribution in [0.1, 0.15) is 0 Å².